The van der Waals surface area contributed by atoms with E-state index in [1.165, 1.54) is 0 Å². The molecule has 0 spiro atoms. The first kappa shape index (κ1) is 9.23. The fourth-order valence-corrected chi connectivity index (χ4v) is 0.916. The first-order chi connectivity index (χ1) is 4.02. The van der Waals surface area contributed by atoms with E-state index in [0.717, 1.165) is 0 Å². The van der Waals surface area contributed by atoms with Gasteiger partial charge in [-0.25, -0.2) is 0 Å². The highest BCUT2D eigenvalue weighted by Gasteiger charge is 2.37. The first-order valence-corrected chi connectivity index (χ1v) is 3.47. The van der Waals surface area contributed by atoms with Gasteiger partial charge in [0.2, 0.25) is 0 Å². The van der Waals surface area contributed by atoms with E-state index in [-0.39, 0.29) is 11.9 Å². The Morgan fingerprint density at radius 1 is 1.44 bits per heavy atom. The number of halogens is 4. The van der Waals surface area contributed by atoms with E-state index in [1.54, 1.807) is 0 Å². The summed E-state index contributed by atoms with van der Waals surface area (Å²) in [6, 6.07) is 0. The minimum atomic E-state index is -4.15. The summed E-state index contributed by atoms with van der Waals surface area (Å²) < 4.78 is 34.8. The van der Waals surface area contributed by atoms with Crippen LogP contribution < -0.4 is 5.73 Å². The molecule has 0 fully saturated rings. The molecule has 0 radical (unpaired) electrons. The van der Waals surface area contributed by atoms with Crippen LogP contribution in [0.1, 0.15) is 0 Å². The molecule has 2 N–H and O–H groups in total. The molecule has 0 bridgehead atoms. The van der Waals surface area contributed by atoms with Crippen LogP contribution >= 0.6 is 15.9 Å². The highest BCUT2D eigenvalue weighted by atomic mass is 79.9. The standard InChI is InChI=1S/C4H7BrF3N/c5-1-3(2-9)4(6,7)8/h3H,1-2,9H2. The fourth-order valence-electron chi connectivity index (χ4n) is 0.284. The Labute approximate surface area is 59.5 Å². The predicted octanol–water partition coefficient (Wildman–Crippen LogP) is 1.52. The van der Waals surface area contributed by atoms with Gasteiger partial charge in [-0.05, 0) is 0 Å². The Morgan fingerprint density at radius 3 is 1.89 bits per heavy atom. The number of nitrogens with two attached hydrogens (primary N) is 1. The number of alkyl halides is 4. The zero-order valence-electron chi connectivity index (χ0n) is 4.58. The second-order valence-electron chi connectivity index (χ2n) is 1.63. The lowest BCUT2D eigenvalue weighted by Gasteiger charge is -2.14. The van der Waals surface area contributed by atoms with Gasteiger partial charge < -0.3 is 5.73 Å². The van der Waals surface area contributed by atoms with E-state index in [2.05, 4.69) is 15.9 Å². The zero-order valence-corrected chi connectivity index (χ0v) is 6.17. The third-order valence-electron chi connectivity index (χ3n) is 0.934. The van der Waals surface area contributed by atoms with Crippen LogP contribution in [0.15, 0.2) is 0 Å². The van der Waals surface area contributed by atoms with Crippen LogP contribution in [0, 0.1) is 5.92 Å². The third kappa shape index (κ3) is 3.05. The van der Waals surface area contributed by atoms with Gasteiger partial charge in [-0.2, -0.15) is 13.2 Å². The molecule has 0 amide bonds. The van der Waals surface area contributed by atoms with Gasteiger partial charge in [-0.3, -0.25) is 0 Å². The Bertz CT molecular complexity index is 78.4. The smallest absolute Gasteiger partial charge is 0.330 e. The minimum absolute atomic E-state index is 0.118. The number of rotatable bonds is 2. The van der Waals surface area contributed by atoms with Crippen LogP contribution in [-0.2, 0) is 0 Å². The van der Waals surface area contributed by atoms with Crippen molar-refractivity contribution in [1.29, 1.82) is 0 Å². The lowest BCUT2D eigenvalue weighted by molar-refractivity contribution is -0.164. The van der Waals surface area contributed by atoms with Gasteiger partial charge in [0.1, 0.15) is 0 Å². The molecule has 0 aliphatic rings. The second kappa shape index (κ2) is 3.41. The summed E-state index contributed by atoms with van der Waals surface area (Å²) >= 11 is 2.71. The van der Waals surface area contributed by atoms with Crippen molar-refractivity contribution in [3.8, 4) is 0 Å². The van der Waals surface area contributed by atoms with Gasteiger partial charge in [-0.15, -0.1) is 0 Å². The maximum Gasteiger partial charge on any atom is 0.393 e. The monoisotopic (exact) mass is 205 g/mol. The van der Waals surface area contributed by atoms with Gasteiger partial charge in [0.15, 0.2) is 0 Å². The predicted molar refractivity (Wildman–Crippen MR) is 32.4 cm³/mol. The normalized spacial score (nSPS) is 15.7. The molecule has 5 heteroatoms. The van der Waals surface area contributed by atoms with Crippen molar-refractivity contribution in [3.63, 3.8) is 0 Å². The van der Waals surface area contributed by atoms with Crippen LogP contribution in [0.2, 0.25) is 0 Å². The lowest BCUT2D eigenvalue weighted by Crippen LogP contribution is -2.31. The molecule has 0 aliphatic carbocycles. The van der Waals surface area contributed by atoms with E-state index in [9.17, 15) is 13.2 Å². The van der Waals surface area contributed by atoms with Crippen molar-refractivity contribution >= 4 is 15.9 Å². The second-order valence-corrected chi connectivity index (χ2v) is 2.28. The summed E-state index contributed by atoms with van der Waals surface area (Å²) in [7, 11) is 0. The van der Waals surface area contributed by atoms with Crippen molar-refractivity contribution in [2.24, 2.45) is 11.7 Å². The molecule has 0 aromatic rings. The summed E-state index contributed by atoms with van der Waals surface area (Å²) in [6.45, 7) is -0.352. The lowest BCUT2D eigenvalue weighted by atomic mass is 10.2. The molecule has 0 rings (SSSR count). The molecular weight excluding hydrogens is 199 g/mol. The minimum Gasteiger partial charge on any atom is -0.330 e. The topological polar surface area (TPSA) is 26.0 Å². The van der Waals surface area contributed by atoms with Crippen LogP contribution in [0.25, 0.3) is 0 Å². The van der Waals surface area contributed by atoms with E-state index < -0.39 is 12.1 Å². The Morgan fingerprint density at radius 2 is 1.89 bits per heavy atom. The van der Waals surface area contributed by atoms with Crippen molar-refractivity contribution < 1.29 is 13.2 Å². The quantitative estimate of drug-likeness (QED) is 0.681. The molecule has 0 saturated heterocycles. The molecule has 0 aromatic heterocycles. The van der Waals surface area contributed by atoms with Crippen LogP contribution in [-0.4, -0.2) is 18.1 Å². The van der Waals surface area contributed by atoms with E-state index in [0.29, 0.717) is 0 Å². The van der Waals surface area contributed by atoms with Gasteiger partial charge in [0, 0.05) is 11.9 Å². The molecule has 9 heavy (non-hydrogen) atoms. The first-order valence-electron chi connectivity index (χ1n) is 2.35. The number of hydrogen-bond donors (Lipinski definition) is 1. The fraction of sp³-hybridized carbons (Fsp3) is 1.00. The van der Waals surface area contributed by atoms with Gasteiger partial charge in [0.05, 0.1) is 5.92 Å². The summed E-state index contributed by atoms with van der Waals surface area (Å²) in [5.74, 6) is -1.41. The zero-order chi connectivity index (χ0) is 7.49. The highest BCUT2D eigenvalue weighted by molar-refractivity contribution is 9.09. The third-order valence-corrected chi connectivity index (χ3v) is 1.72. The summed E-state index contributed by atoms with van der Waals surface area (Å²) in [6.07, 6.45) is -4.15. The van der Waals surface area contributed by atoms with Crippen molar-refractivity contribution in [2.45, 2.75) is 6.18 Å². The molecule has 0 aromatic carbocycles. The van der Waals surface area contributed by atoms with Crippen LogP contribution in [0.5, 0.6) is 0 Å². The maximum atomic E-state index is 11.6. The van der Waals surface area contributed by atoms with Crippen LogP contribution in [0.3, 0.4) is 0 Å². The van der Waals surface area contributed by atoms with Crippen molar-refractivity contribution in [1.82, 2.24) is 0 Å². The van der Waals surface area contributed by atoms with Gasteiger partial charge in [0.25, 0.3) is 0 Å². The molecule has 56 valence electrons. The van der Waals surface area contributed by atoms with E-state index >= 15 is 0 Å². The van der Waals surface area contributed by atoms with E-state index in [4.69, 9.17) is 5.73 Å². The van der Waals surface area contributed by atoms with Crippen molar-refractivity contribution in [3.05, 3.63) is 0 Å². The molecule has 1 atom stereocenters. The molecule has 0 heterocycles. The largest absolute Gasteiger partial charge is 0.393 e. The average Bonchev–Trinajstić information content (AvgIpc) is 1.65. The van der Waals surface area contributed by atoms with Gasteiger partial charge in [-0.1, -0.05) is 15.9 Å². The SMILES string of the molecule is NCC(CBr)C(F)(F)F. The molecule has 1 nitrogen and oxygen atoms in total. The number of hydrogen-bond acceptors (Lipinski definition) is 1. The summed E-state index contributed by atoms with van der Waals surface area (Å²) in [5.41, 5.74) is 4.82. The van der Waals surface area contributed by atoms with Crippen molar-refractivity contribution in [2.75, 3.05) is 11.9 Å². The van der Waals surface area contributed by atoms with Crippen LogP contribution in [0.4, 0.5) is 13.2 Å². The summed E-state index contributed by atoms with van der Waals surface area (Å²) in [4.78, 5) is 0. The molecule has 0 saturated carbocycles. The average molecular weight is 206 g/mol. The van der Waals surface area contributed by atoms with Gasteiger partial charge >= 0.3 is 6.18 Å². The molecular formula is C4H7BrF3N. The Hall–Kier alpha value is 0.230. The Kier molecular flexibility index (Phi) is 3.50. The Balaban J connectivity index is 3.79. The highest BCUT2D eigenvalue weighted by Crippen LogP contribution is 2.26. The molecule has 1 unspecified atom stereocenters. The summed E-state index contributed by atoms with van der Waals surface area (Å²) in [5, 5.41) is -0.118. The van der Waals surface area contributed by atoms with E-state index in [1.807, 2.05) is 0 Å². The molecule has 0 aliphatic heterocycles. The maximum absolute atomic E-state index is 11.6.